The molecule has 0 atom stereocenters. The van der Waals surface area contributed by atoms with Crippen molar-refractivity contribution in [1.29, 1.82) is 5.26 Å². The van der Waals surface area contributed by atoms with Gasteiger partial charge in [-0.25, -0.2) is 14.4 Å². The number of aryl methyl sites for hydroxylation is 1. The predicted molar refractivity (Wildman–Crippen MR) is 146 cm³/mol. The fourth-order valence-corrected chi connectivity index (χ4v) is 5.14. The molecule has 10 heteroatoms. The van der Waals surface area contributed by atoms with Crippen LogP contribution in [0.1, 0.15) is 47.0 Å². The van der Waals surface area contributed by atoms with Gasteiger partial charge in [-0.1, -0.05) is 12.1 Å². The minimum absolute atomic E-state index is 0.0348. The minimum Gasteiger partial charge on any atom is -0.494 e. The second-order valence-corrected chi connectivity index (χ2v) is 9.98. The van der Waals surface area contributed by atoms with Crippen LogP contribution in [-0.2, 0) is 31.4 Å². The summed E-state index contributed by atoms with van der Waals surface area (Å²) in [5, 5.41) is 18.1. The third kappa shape index (κ3) is 5.90. The minimum atomic E-state index is -0.890. The molecule has 0 saturated carbocycles. The normalized spacial score (nSPS) is 14.2. The molecule has 1 saturated heterocycles. The quantitative estimate of drug-likeness (QED) is 0.327. The maximum atomic E-state index is 14.2. The average Bonchev–Trinajstić information content (AvgIpc) is 3.26. The Morgan fingerprint density at radius 1 is 1.18 bits per heavy atom. The summed E-state index contributed by atoms with van der Waals surface area (Å²) < 4.78 is 27.5. The molecule has 206 valence electrons. The van der Waals surface area contributed by atoms with Crippen molar-refractivity contribution >= 4 is 17.0 Å². The molecule has 1 N–H and O–H groups in total. The largest absolute Gasteiger partial charge is 0.494 e. The third-order valence-corrected chi connectivity index (χ3v) is 7.35. The number of aromatic nitrogens is 3. The SMILES string of the molecule is COc1cc(CC(=O)O)cc2c1nc(CN1CCC(c3cccc(OCc4ccc(C#N)cc4F)n3)CC1)n2C. The van der Waals surface area contributed by atoms with Crippen molar-refractivity contribution in [3.8, 4) is 17.7 Å². The number of hydrogen-bond acceptors (Lipinski definition) is 7. The van der Waals surface area contributed by atoms with Crippen molar-refractivity contribution in [2.45, 2.75) is 38.3 Å². The Bertz CT molecular complexity index is 1590. The van der Waals surface area contributed by atoms with Crippen LogP contribution in [0.25, 0.3) is 11.0 Å². The Hall–Kier alpha value is -4.49. The van der Waals surface area contributed by atoms with Gasteiger partial charge >= 0.3 is 5.97 Å². The van der Waals surface area contributed by atoms with E-state index in [4.69, 9.17) is 19.7 Å². The third-order valence-electron chi connectivity index (χ3n) is 7.35. The molecule has 0 bridgehead atoms. The second-order valence-electron chi connectivity index (χ2n) is 9.98. The Kier molecular flexibility index (Phi) is 7.94. The molecule has 4 aromatic rings. The van der Waals surface area contributed by atoms with E-state index in [-0.39, 0.29) is 24.5 Å². The topological polar surface area (TPSA) is 114 Å². The Morgan fingerprint density at radius 2 is 1.98 bits per heavy atom. The van der Waals surface area contributed by atoms with Gasteiger partial charge in [0, 0.05) is 30.3 Å². The van der Waals surface area contributed by atoms with E-state index < -0.39 is 11.8 Å². The highest BCUT2D eigenvalue weighted by atomic mass is 19.1. The maximum absolute atomic E-state index is 14.2. The Morgan fingerprint density at radius 3 is 2.67 bits per heavy atom. The van der Waals surface area contributed by atoms with E-state index in [1.165, 1.54) is 6.07 Å². The summed E-state index contributed by atoms with van der Waals surface area (Å²) in [6, 6.07) is 15.5. The molecule has 3 heterocycles. The summed E-state index contributed by atoms with van der Waals surface area (Å²) in [6.07, 6.45) is 1.78. The second kappa shape index (κ2) is 11.7. The molecular formula is C30H30FN5O4. The lowest BCUT2D eigenvalue weighted by Crippen LogP contribution is -2.33. The van der Waals surface area contributed by atoms with Crippen LogP contribution in [0.15, 0.2) is 48.5 Å². The van der Waals surface area contributed by atoms with E-state index in [2.05, 4.69) is 9.88 Å². The number of pyridine rings is 1. The van der Waals surface area contributed by atoms with Crippen LogP contribution in [0.5, 0.6) is 11.6 Å². The zero-order chi connectivity index (χ0) is 28.2. The van der Waals surface area contributed by atoms with Crippen LogP contribution in [0.4, 0.5) is 4.39 Å². The number of rotatable bonds is 9. The fourth-order valence-electron chi connectivity index (χ4n) is 5.14. The highest BCUT2D eigenvalue weighted by Gasteiger charge is 2.24. The van der Waals surface area contributed by atoms with E-state index >= 15 is 0 Å². The molecule has 1 aliphatic heterocycles. The number of ether oxygens (including phenoxy) is 2. The number of carbonyl (C=O) groups is 1. The first kappa shape index (κ1) is 27.1. The lowest BCUT2D eigenvalue weighted by molar-refractivity contribution is -0.136. The number of methoxy groups -OCH3 is 1. The first-order chi connectivity index (χ1) is 19.3. The molecule has 0 unspecified atom stereocenters. The molecular weight excluding hydrogens is 513 g/mol. The van der Waals surface area contributed by atoms with Crippen molar-refractivity contribution in [3.05, 3.63) is 82.6 Å². The van der Waals surface area contributed by atoms with Crippen molar-refractivity contribution in [2.24, 2.45) is 7.05 Å². The van der Waals surface area contributed by atoms with Gasteiger partial charge in [0.1, 0.15) is 29.5 Å². The van der Waals surface area contributed by atoms with Crippen LogP contribution in [0.2, 0.25) is 0 Å². The van der Waals surface area contributed by atoms with Crippen LogP contribution in [-0.4, -0.2) is 50.7 Å². The number of fused-ring (bicyclic) bond motifs is 1. The number of imidazole rings is 1. The number of benzene rings is 2. The lowest BCUT2D eigenvalue weighted by atomic mass is 9.93. The molecule has 9 nitrogen and oxygen atoms in total. The smallest absolute Gasteiger partial charge is 0.307 e. The monoisotopic (exact) mass is 543 g/mol. The number of hydrogen-bond donors (Lipinski definition) is 1. The van der Waals surface area contributed by atoms with E-state index in [0.717, 1.165) is 48.5 Å². The predicted octanol–water partition coefficient (Wildman–Crippen LogP) is 4.57. The molecule has 5 rings (SSSR count). The van der Waals surface area contributed by atoms with Crippen LogP contribution >= 0.6 is 0 Å². The number of nitriles is 1. The van der Waals surface area contributed by atoms with Crippen LogP contribution in [0.3, 0.4) is 0 Å². The summed E-state index contributed by atoms with van der Waals surface area (Å²) in [6.45, 7) is 2.45. The van der Waals surface area contributed by atoms with Gasteiger partial charge in [0.05, 0.1) is 37.2 Å². The van der Waals surface area contributed by atoms with Crippen molar-refractivity contribution in [2.75, 3.05) is 20.2 Å². The van der Waals surface area contributed by atoms with E-state index in [9.17, 15) is 14.3 Å². The van der Waals surface area contributed by atoms with Gasteiger partial charge in [0.15, 0.2) is 0 Å². The van der Waals surface area contributed by atoms with E-state index in [1.54, 1.807) is 31.4 Å². The number of likely N-dealkylation sites (tertiary alicyclic amines) is 1. The molecule has 0 aliphatic carbocycles. The van der Waals surface area contributed by atoms with Crippen molar-refractivity contribution < 1.29 is 23.8 Å². The van der Waals surface area contributed by atoms with Gasteiger partial charge in [0.25, 0.3) is 0 Å². The van der Waals surface area contributed by atoms with Crippen molar-refractivity contribution in [3.63, 3.8) is 0 Å². The molecule has 0 radical (unpaired) electrons. The molecule has 1 aliphatic rings. The van der Waals surface area contributed by atoms with Gasteiger partial charge in [-0.15, -0.1) is 0 Å². The van der Waals surface area contributed by atoms with E-state index in [1.807, 2.05) is 35.9 Å². The summed E-state index contributed by atoms with van der Waals surface area (Å²) in [5.74, 6) is 0.832. The zero-order valence-corrected chi connectivity index (χ0v) is 22.4. The van der Waals surface area contributed by atoms with Gasteiger partial charge in [-0.2, -0.15) is 5.26 Å². The molecule has 2 aromatic carbocycles. The number of carboxylic acid groups (broad SMARTS) is 1. The number of aliphatic carboxylic acids is 1. The molecule has 0 spiro atoms. The number of halogens is 1. The molecule has 1 fully saturated rings. The average molecular weight is 544 g/mol. The first-order valence-electron chi connectivity index (χ1n) is 13.1. The standard InChI is InChI=1S/C30H30FN5O4/c1-35-25-13-20(15-29(37)38)14-26(39-2)30(25)34-27(35)17-36-10-8-21(9-11-36)24-4-3-5-28(33-24)40-18-22-7-6-19(16-32)12-23(22)31/h3-7,12-14,21H,8-11,15,17-18H2,1-2H3,(H,37,38). The summed E-state index contributed by atoms with van der Waals surface area (Å²) in [4.78, 5) is 23.1. The van der Waals surface area contributed by atoms with E-state index in [0.29, 0.717) is 29.3 Å². The molecule has 40 heavy (non-hydrogen) atoms. The molecule has 0 amide bonds. The first-order valence-corrected chi connectivity index (χ1v) is 13.1. The van der Waals surface area contributed by atoms with Gasteiger partial charge in [0.2, 0.25) is 5.88 Å². The Labute approximate surface area is 231 Å². The lowest BCUT2D eigenvalue weighted by Gasteiger charge is -2.31. The Balaban J connectivity index is 1.21. The van der Waals surface area contributed by atoms with Crippen LogP contribution in [0, 0.1) is 17.1 Å². The van der Waals surface area contributed by atoms with Gasteiger partial charge in [-0.3, -0.25) is 9.69 Å². The number of nitrogens with zero attached hydrogens (tertiary/aromatic N) is 5. The van der Waals surface area contributed by atoms with Crippen LogP contribution < -0.4 is 9.47 Å². The van der Waals surface area contributed by atoms with Crippen molar-refractivity contribution in [1.82, 2.24) is 19.4 Å². The van der Waals surface area contributed by atoms with Gasteiger partial charge < -0.3 is 19.1 Å². The number of piperidine rings is 1. The maximum Gasteiger partial charge on any atom is 0.307 e. The summed E-state index contributed by atoms with van der Waals surface area (Å²) in [7, 11) is 3.51. The summed E-state index contributed by atoms with van der Waals surface area (Å²) >= 11 is 0. The zero-order valence-electron chi connectivity index (χ0n) is 22.4. The summed E-state index contributed by atoms with van der Waals surface area (Å²) in [5.41, 5.74) is 3.85. The highest BCUT2D eigenvalue weighted by molar-refractivity contribution is 5.85. The number of carboxylic acids is 1. The fraction of sp³-hybridized carbons (Fsp3) is 0.333. The molecule has 2 aromatic heterocycles. The van der Waals surface area contributed by atoms with Gasteiger partial charge in [-0.05, 0) is 61.8 Å². The highest BCUT2D eigenvalue weighted by Crippen LogP contribution is 2.31.